The molecule has 0 unspecified atom stereocenters. The number of nitrogens with two attached hydrogens (primary N) is 1. The third-order valence-corrected chi connectivity index (χ3v) is 4.82. The van der Waals surface area contributed by atoms with Crippen LogP contribution in [0.4, 0.5) is 0 Å². The van der Waals surface area contributed by atoms with Gasteiger partial charge in [-0.3, -0.25) is 0 Å². The number of hydrogen-bond donors (Lipinski definition) is 1. The third-order valence-electron chi connectivity index (χ3n) is 2.77. The van der Waals surface area contributed by atoms with Crippen LogP contribution in [0.5, 0.6) is 5.75 Å². The fraction of sp³-hybridized carbons (Fsp3) is 0.200. The van der Waals surface area contributed by atoms with Gasteiger partial charge < -0.3 is 10.5 Å². The first kappa shape index (κ1) is 14.4. The number of benzene rings is 2. The van der Waals surface area contributed by atoms with E-state index in [2.05, 4.69) is 40.2 Å². The Morgan fingerprint density at radius 1 is 1.16 bits per heavy atom. The smallest absolute Gasteiger partial charge is 0.132 e. The van der Waals surface area contributed by atoms with Crippen molar-refractivity contribution in [3.8, 4) is 5.75 Å². The van der Waals surface area contributed by atoms with Crippen LogP contribution < -0.4 is 10.5 Å². The summed E-state index contributed by atoms with van der Waals surface area (Å²) >= 11 is 5.28. The summed E-state index contributed by atoms with van der Waals surface area (Å²) in [5, 5.41) is 0. The zero-order valence-electron chi connectivity index (χ0n) is 10.9. The Kier molecular flexibility index (Phi) is 4.91. The molecule has 2 rings (SSSR count). The van der Waals surface area contributed by atoms with Crippen molar-refractivity contribution in [1.29, 1.82) is 0 Å². The monoisotopic (exact) mass is 337 g/mol. The average molecular weight is 338 g/mol. The van der Waals surface area contributed by atoms with Gasteiger partial charge >= 0.3 is 0 Å². The normalized spacial score (nSPS) is 12.2. The maximum absolute atomic E-state index is 5.88. The van der Waals surface area contributed by atoms with Crippen LogP contribution in [0, 0.1) is 0 Å². The molecular formula is C15H16BrNOS. The van der Waals surface area contributed by atoms with Crippen molar-refractivity contribution < 1.29 is 4.74 Å². The molecule has 0 radical (unpaired) electrons. The van der Waals surface area contributed by atoms with Gasteiger partial charge in [0.25, 0.3) is 0 Å². The summed E-state index contributed by atoms with van der Waals surface area (Å²) in [6.07, 6.45) is 0. The van der Waals surface area contributed by atoms with E-state index in [9.17, 15) is 0 Å². The van der Waals surface area contributed by atoms with E-state index >= 15 is 0 Å². The maximum atomic E-state index is 5.88. The van der Waals surface area contributed by atoms with Crippen LogP contribution in [0.3, 0.4) is 0 Å². The van der Waals surface area contributed by atoms with Gasteiger partial charge in [-0.15, -0.1) is 0 Å². The van der Waals surface area contributed by atoms with Gasteiger partial charge in [0.2, 0.25) is 0 Å². The van der Waals surface area contributed by atoms with Crippen molar-refractivity contribution in [3.05, 3.63) is 52.5 Å². The molecule has 2 nitrogen and oxygen atoms in total. The second kappa shape index (κ2) is 6.46. The summed E-state index contributed by atoms with van der Waals surface area (Å²) < 4.78 is 6.42. The van der Waals surface area contributed by atoms with Crippen LogP contribution >= 0.6 is 27.7 Å². The van der Waals surface area contributed by atoms with Crippen molar-refractivity contribution in [3.63, 3.8) is 0 Å². The summed E-state index contributed by atoms with van der Waals surface area (Å²) in [4.78, 5) is 2.24. The van der Waals surface area contributed by atoms with Gasteiger partial charge in [-0.2, -0.15) is 0 Å². The first-order chi connectivity index (χ1) is 9.11. The van der Waals surface area contributed by atoms with Gasteiger partial charge in [-0.1, -0.05) is 30.0 Å². The predicted molar refractivity (Wildman–Crippen MR) is 83.9 cm³/mol. The quantitative estimate of drug-likeness (QED) is 0.883. The first-order valence-corrected chi connectivity index (χ1v) is 7.58. The molecule has 0 fully saturated rings. The van der Waals surface area contributed by atoms with Crippen LogP contribution in [0.15, 0.2) is 56.7 Å². The molecule has 100 valence electrons. The summed E-state index contributed by atoms with van der Waals surface area (Å²) in [6.45, 7) is 1.98. The van der Waals surface area contributed by atoms with E-state index in [-0.39, 0.29) is 6.04 Å². The highest BCUT2D eigenvalue weighted by Crippen LogP contribution is 2.38. The van der Waals surface area contributed by atoms with E-state index in [1.807, 2.05) is 25.1 Å². The molecule has 1 atom stereocenters. The Morgan fingerprint density at radius 3 is 2.53 bits per heavy atom. The highest BCUT2D eigenvalue weighted by atomic mass is 79.9. The largest absolute Gasteiger partial charge is 0.496 e. The van der Waals surface area contributed by atoms with Gasteiger partial charge in [0.15, 0.2) is 0 Å². The van der Waals surface area contributed by atoms with E-state index in [0.717, 1.165) is 25.6 Å². The molecule has 2 aromatic carbocycles. The van der Waals surface area contributed by atoms with Gasteiger partial charge in [-0.05, 0) is 52.7 Å². The first-order valence-electron chi connectivity index (χ1n) is 5.97. The molecule has 0 bridgehead atoms. The van der Waals surface area contributed by atoms with Gasteiger partial charge in [0.05, 0.1) is 12.0 Å². The molecule has 0 aliphatic rings. The van der Waals surface area contributed by atoms with Crippen molar-refractivity contribution >= 4 is 27.7 Å². The molecule has 4 heteroatoms. The molecule has 0 amide bonds. The van der Waals surface area contributed by atoms with E-state index in [1.54, 1.807) is 18.9 Å². The molecule has 0 aliphatic heterocycles. The van der Waals surface area contributed by atoms with E-state index in [0.29, 0.717) is 0 Å². The lowest BCUT2D eigenvalue weighted by atomic mass is 10.1. The molecule has 2 aromatic rings. The molecule has 0 saturated heterocycles. The number of methoxy groups -OCH3 is 1. The topological polar surface area (TPSA) is 35.2 Å². The molecule has 0 spiro atoms. The van der Waals surface area contributed by atoms with Crippen LogP contribution in [0.2, 0.25) is 0 Å². The van der Waals surface area contributed by atoms with Crippen molar-refractivity contribution in [2.45, 2.75) is 22.8 Å². The van der Waals surface area contributed by atoms with Gasteiger partial charge in [0.1, 0.15) is 5.75 Å². The number of para-hydroxylation sites is 1. The molecule has 0 heterocycles. The Morgan fingerprint density at radius 2 is 1.89 bits per heavy atom. The average Bonchev–Trinajstić information content (AvgIpc) is 2.41. The van der Waals surface area contributed by atoms with E-state index in [1.165, 1.54) is 0 Å². The number of hydrogen-bond acceptors (Lipinski definition) is 3. The fourth-order valence-electron chi connectivity index (χ4n) is 1.70. The van der Waals surface area contributed by atoms with Crippen molar-refractivity contribution in [2.24, 2.45) is 5.73 Å². The number of ether oxygens (including phenoxy) is 1. The Bertz CT molecular complexity index is 572. The molecule has 0 aromatic heterocycles. The Labute approximate surface area is 126 Å². The third kappa shape index (κ3) is 3.53. The lowest BCUT2D eigenvalue weighted by Gasteiger charge is -2.11. The fourth-order valence-corrected chi connectivity index (χ4v) is 3.27. The lowest BCUT2D eigenvalue weighted by Crippen LogP contribution is -2.04. The highest BCUT2D eigenvalue weighted by molar-refractivity contribution is 9.10. The second-order valence-corrected chi connectivity index (χ2v) is 6.17. The Hall–Kier alpha value is -0.970. The SMILES string of the molecule is COc1ccccc1Sc1ccc([C@@H](C)N)cc1Br. The summed E-state index contributed by atoms with van der Waals surface area (Å²) in [5.74, 6) is 0.885. The summed E-state index contributed by atoms with van der Waals surface area (Å²) in [5.41, 5.74) is 7.00. The van der Waals surface area contributed by atoms with E-state index < -0.39 is 0 Å². The summed E-state index contributed by atoms with van der Waals surface area (Å²) in [6, 6.07) is 14.3. The van der Waals surface area contributed by atoms with Gasteiger partial charge in [0, 0.05) is 15.4 Å². The molecule has 19 heavy (non-hydrogen) atoms. The van der Waals surface area contributed by atoms with Gasteiger partial charge in [-0.25, -0.2) is 0 Å². The zero-order chi connectivity index (χ0) is 13.8. The standard InChI is InChI=1S/C15H16BrNOS/c1-10(17)11-7-8-14(12(16)9-11)19-15-6-4-3-5-13(15)18-2/h3-10H,17H2,1-2H3/t10-/m1/s1. The zero-order valence-corrected chi connectivity index (χ0v) is 13.3. The van der Waals surface area contributed by atoms with Crippen LogP contribution in [-0.2, 0) is 0 Å². The summed E-state index contributed by atoms with van der Waals surface area (Å²) in [7, 11) is 1.69. The molecular weight excluding hydrogens is 322 g/mol. The minimum atomic E-state index is 0.0432. The molecule has 0 aliphatic carbocycles. The number of halogens is 1. The second-order valence-electron chi connectivity index (χ2n) is 4.23. The minimum absolute atomic E-state index is 0.0432. The lowest BCUT2D eigenvalue weighted by molar-refractivity contribution is 0.405. The van der Waals surface area contributed by atoms with Crippen molar-refractivity contribution in [1.82, 2.24) is 0 Å². The van der Waals surface area contributed by atoms with Crippen molar-refractivity contribution in [2.75, 3.05) is 7.11 Å². The minimum Gasteiger partial charge on any atom is -0.496 e. The van der Waals surface area contributed by atoms with Crippen LogP contribution in [0.25, 0.3) is 0 Å². The molecule has 2 N–H and O–H groups in total. The highest BCUT2D eigenvalue weighted by Gasteiger charge is 2.09. The van der Waals surface area contributed by atoms with E-state index in [4.69, 9.17) is 10.5 Å². The molecule has 0 saturated carbocycles. The maximum Gasteiger partial charge on any atom is 0.132 e. The van der Waals surface area contributed by atoms with Crippen LogP contribution in [-0.4, -0.2) is 7.11 Å². The van der Waals surface area contributed by atoms with Crippen LogP contribution in [0.1, 0.15) is 18.5 Å². The number of rotatable bonds is 4. The predicted octanol–water partition coefficient (Wildman–Crippen LogP) is 4.63. The Balaban J connectivity index is 2.28.